The molecule has 0 amide bonds. The molecule has 1 N–H and O–H groups in total. The molecule has 0 aromatic rings. The SMILES string of the molecule is CCOC(CCN(CC)CC(C)C)C(=O)O. The van der Waals surface area contributed by atoms with Crippen molar-refractivity contribution in [2.75, 3.05) is 26.2 Å². The van der Waals surface area contributed by atoms with E-state index in [2.05, 4.69) is 25.7 Å². The standard InChI is InChI=1S/C12H25NO3/c1-5-13(9-10(3)4)8-7-11(12(14)15)16-6-2/h10-11H,5-9H2,1-4H3,(H,14,15). The molecule has 0 heterocycles. The summed E-state index contributed by atoms with van der Waals surface area (Å²) in [5, 5.41) is 8.93. The van der Waals surface area contributed by atoms with Gasteiger partial charge in [-0.1, -0.05) is 20.8 Å². The maximum Gasteiger partial charge on any atom is 0.332 e. The van der Waals surface area contributed by atoms with Gasteiger partial charge in [0.25, 0.3) is 0 Å². The first-order chi connectivity index (χ1) is 7.51. The van der Waals surface area contributed by atoms with Crippen LogP contribution in [0, 0.1) is 5.92 Å². The Morgan fingerprint density at radius 1 is 1.38 bits per heavy atom. The van der Waals surface area contributed by atoms with Crippen molar-refractivity contribution >= 4 is 5.97 Å². The summed E-state index contributed by atoms with van der Waals surface area (Å²) in [7, 11) is 0. The van der Waals surface area contributed by atoms with Crippen molar-refractivity contribution in [1.29, 1.82) is 0 Å². The number of carboxylic acids is 1. The Bertz CT molecular complexity index is 195. The van der Waals surface area contributed by atoms with E-state index in [9.17, 15) is 4.79 Å². The molecule has 0 saturated carbocycles. The van der Waals surface area contributed by atoms with Crippen LogP contribution in [0.15, 0.2) is 0 Å². The molecular weight excluding hydrogens is 206 g/mol. The van der Waals surface area contributed by atoms with E-state index >= 15 is 0 Å². The number of rotatable bonds is 9. The minimum absolute atomic E-state index is 0.452. The normalized spacial score (nSPS) is 13.4. The van der Waals surface area contributed by atoms with Crippen LogP contribution in [0.3, 0.4) is 0 Å². The van der Waals surface area contributed by atoms with Gasteiger partial charge >= 0.3 is 5.97 Å². The minimum Gasteiger partial charge on any atom is -0.479 e. The fourth-order valence-corrected chi connectivity index (χ4v) is 1.67. The number of ether oxygens (including phenoxy) is 1. The van der Waals surface area contributed by atoms with Crippen molar-refractivity contribution in [3.05, 3.63) is 0 Å². The monoisotopic (exact) mass is 231 g/mol. The second kappa shape index (κ2) is 8.53. The lowest BCUT2D eigenvalue weighted by Crippen LogP contribution is -2.33. The molecule has 0 saturated heterocycles. The average molecular weight is 231 g/mol. The second-order valence-electron chi connectivity index (χ2n) is 4.36. The summed E-state index contributed by atoms with van der Waals surface area (Å²) >= 11 is 0. The summed E-state index contributed by atoms with van der Waals surface area (Å²) in [5.74, 6) is -0.252. The Balaban J connectivity index is 4.00. The molecule has 96 valence electrons. The Morgan fingerprint density at radius 3 is 2.38 bits per heavy atom. The Kier molecular flexibility index (Phi) is 8.21. The zero-order valence-electron chi connectivity index (χ0n) is 10.9. The molecule has 0 bridgehead atoms. The van der Waals surface area contributed by atoms with Gasteiger partial charge in [-0.2, -0.15) is 0 Å². The van der Waals surface area contributed by atoms with Gasteiger partial charge in [0.15, 0.2) is 6.10 Å². The van der Waals surface area contributed by atoms with E-state index in [4.69, 9.17) is 9.84 Å². The number of carbonyl (C=O) groups is 1. The van der Waals surface area contributed by atoms with E-state index in [1.165, 1.54) is 0 Å². The van der Waals surface area contributed by atoms with Crippen molar-refractivity contribution in [3.63, 3.8) is 0 Å². The second-order valence-corrected chi connectivity index (χ2v) is 4.36. The van der Waals surface area contributed by atoms with Crippen LogP contribution in [-0.2, 0) is 9.53 Å². The molecule has 0 spiro atoms. The van der Waals surface area contributed by atoms with Crippen LogP contribution in [0.4, 0.5) is 0 Å². The molecule has 0 aromatic carbocycles. The lowest BCUT2D eigenvalue weighted by atomic mass is 10.2. The summed E-state index contributed by atoms with van der Waals surface area (Å²) in [6, 6.07) is 0. The van der Waals surface area contributed by atoms with Gasteiger partial charge in [-0.15, -0.1) is 0 Å². The molecule has 1 unspecified atom stereocenters. The number of carboxylic acid groups (broad SMARTS) is 1. The zero-order valence-corrected chi connectivity index (χ0v) is 10.9. The molecule has 4 nitrogen and oxygen atoms in total. The largest absolute Gasteiger partial charge is 0.479 e. The fourth-order valence-electron chi connectivity index (χ4n) is 1.67. The van der Waals surface area contributed by atoms with Crippen LogP contribution in [0.2, 0.25) is 0 Å². The van der Waals surface area contributed by atoms with Crippen molar-refractivity contribution in [1.82, 2.24) is 4.90 Å². The van der Waals surface area contributed by atoms with E-state index in [1.807, 2.05) is 6.92 Å². The summed E-state index contributed by atoms with van der Waals surface area (Å²) < 4.78 is 5.18. The Hall–Kier alpha value is -0.610. The first kappa shape index (κ1) is 15.4. The van der Waals surface area contributed by atoms with Crippen molar-refractivity contribution < 1.29 is 14.6 Å². The van der Waals surface area contributed by atoms with Gasteiger partial charge in [0.1, 0.15) is 0 Å². The van der Waals surface area contributed by atoms with Gasteiger partial charge in [-0.05, 0) is 25.8 Å². The van der Waals surface area contributed by atoms with Crippen molar-refractivity contribution in [2.24, 2.45) is 5.92 Å². The number of nitrogens with zero attached hydrogens (tertiary/aromatic N) is 1. The summed E-state index contributed by atoms with van der Waals surface area (Å²) in [6.07, 6.45) is -0.102. The molecule has 1 atom stereocenters. The van der Waals surface area contributed by atoms with Gasteiger partial charge in [0.2, 0.25) is 0 Å². The van der Waals surface area contributed by atoms with Crippen LogP contribution in [-0.4, -0.2) is 48.3 Å². The highest BCUT2D eigenvalue weighted by Crippen LogP contribution is 2.04. The maximum atomic E-state index is 10.9. The fraction of sp³-hybridized carbons (Fsp3) is 0.917. The third-order valence-electron chi connectivity index (χ3n) is 2.42. The maximum absolute atomic E-state index is 10.9. The third kappa shape index (κ3) is 6.80. The summed E-state index contributed by atoms with van der Waals surface area (Å²) in [4.78, 5) is 13.1. The van der Waals surface area contributed by atoms with Crippen LogP contribution in [0.25, 0.3) is 0 Å². The molecular formula is C12H25NO3. The lowest BCUT2D eigenvalue weighted by Gasteiger charge is -2.24. The van der Waals surface area contributed by atoms with E-state index in [0.717, 1.165) is 19.6 Å². The van der Waals surface area contributed by atoms with Crippen LogP contribution < -0.4 is 0 Å². The van der Waals surface area contributed by atoms with E-state index in [0.29, 0.717) is 18.9 Å². The Morgan fingerprint density at radius 2 is 2.00 bits per heavy atom. The molecule has 0 aliphatic heterocycles. The lowest BCUT2D eigenvalue weighted by molar-refractivity contribution is -0.150. The number of hydrogen-bond donors (Lipinski definition) is 1. The van der Waals surface area contributed by atoms with Gasteiger partial charge in [0.05, 0.1) is 0 Å². The third-order valence-corrected chi connectivity index (χ3v) is 2.42. The highest BCUT2D eigenvalue weighted by atomic mass is 16.5. The van der Waals surface area contributed by atoms with Gasteiger partial charge in [-0.25, -0.2) is 4.79 Å². The predicted octanol–water partition coefficient (Wildman–Crippen LogP) is 1.84. The topological polar surface area (TPSA) is 49.8 Å². The number of aliphatic carboxylic acids is 1. The molecule has 0 radical (unpaired) electrons. The molecule has 0 aromatic heterocycles. The van der Waals surface area contributed by atoms with Gasteiger partial charge in [-0.3, -0.25) is 0 Å². The summed E-state index contributed by atoms with van der Waals surface area (Å²) in [5.41, 5.74) is 0. The Labute approximate surface area is 98.6 Å². The smallest absolute Gasteiger partial charge is 0.332 e. The minimum atomic E-state index is -0.859. The number of hydrogen-bond acceptors (Lipinski definition) is 3. The van der Waals surface area contributed by atoms with Crippen LogP contribution in [0.5, 0.6) is 0 Å². The molecule has 16 heavy (non-hydrogen) atoms. The van der Waals surface area contributed by atoms with Crippen LogP contribution in [0.1, 0.15) is 34.1 Å². The highest BCUT2D eigenvalue weighted by Gasteiger charge is 2.18. The molecule has 0 rings (SSSR count). The predicted molar refractivity (Wildman–Crippen MR) is 64.6 cm³/mol. The average Bonchev–Trinajstić information content (AvgIpc) is 2.21. The molecule has 0 aliphatic carbocycles. The quantitative estimate of drug-likeness (QED) is 0.658. The van der Waals surface area contributed by atoms with Gasteiger partial charge in [0, 0.05) is 19.7 Å². The van der Waals surface area contributed by atoms with Crippen LogP contribution >= 0.6 is 0 Å². The molecule has 0 fully saturated rings. The van der Waals surface area contributed by atoms with Gasteiger partial charge < -0.3 is 14.7 Å². The van der Waals surface area contributed by atoms with E-state index < -0.39 is 12.1 Å². The molecule has 4 heteroatoms. The zero-order chi connectivity index (χ0) is 12.6. The van der Waals surface area contributed by atoms with E-state index in [-0.39, 0.29) is 0 Å². The highest BCUT2D eigenvalue weighted by molar-refractivity contribution is 5.72. The summed E-state index contributed by atoms with van der Waals surface area (Å²) in [6.45, 7) is 11.4. The molecule has 0 aliphatic rings. The first-order valence-electron chi connectivity index (χ1n) is 6.07. The van der Waals surface area contributed by atoms with Crippen molar-refractivity contribution in [2.45, 2.75) is 40.2 Å². The van der Waals surface area contributed by atoms with E-state index in [1.54, 1.807) is 0 Å². The van der Waals surface area contributed by atoms with Crippen molar-refractivity contribution in [3.8, 4) is 0 Å². The first-order valence-corrected chi connectivity index (χ1v) is 6.07.